The maximum absolute atomic E-state index is 8.90. The van der Waals surface area contributed by atoms with Gasteiger partial charge in [0, 0.05) is 19.1 Å². The summed E-state index contributed by atoms with van der Waals surface area (Å²) < 4.78 is 0. The van der Waals surface area contributed by atoms with Crippen molar-refractivity contribution in [3.63, 3.8) is 0 Å². The average molecular weight is 186 g/mol. The van der Waals surface area contributed by atoms with Crippen LogP contribution in [0.1, 0.15) is 26.2 Å². The molecule has 1 saturated heterocycles. The topological polar surface area (TPSA) is 35.5 Å². The summed E-state index contributed by atoms with van der Waals surface area (Å²) in [6.07, 6.45) is 3.92. The zero-order valence-corrected chi connectivity index (χ0v) is 8.63. The van der Waals surface area contributed by atoms with E-state index in [1.807, 2.05) is 0 Å². The van der Waals surface area contributed by atoms with E-state index in [-0.39, 0.29) is 0 Å². The van der Waals surface area contributed by atoms with Crippen LogP contribution in [0.2, 0.25) is 0 Å². The van der Waals surface area contributed by atoms with Crippen molar-refractivity contribution in [3.8, 4) is 0 Å². The number of hydrogen-bond acceptors (Lipinski definition) is 3. The normalized spacial score (nSPS) is 24.9. The van der Waals surface area contributed by atoms with Gasteiger partial charge in [-0.05, 0) is 25.9 Å². The highest BCUT2D eigenvalue weighted by molar-refractivity contribution is 4.78. The number of piperidine rings is 1. The Labute approximate surface area is 81.1 Å². The Morgan fingerprint density at radius 2 is 2.31 bits per heavy atom. The lowest BCUT2D eigenvalue weighted by atomic mass is 10.0. The van der Waals surface area contributed by atoms with Crippen molar-refractivity contribution in [1.29, 1.82) is 0 Å². The summed E-state index contributed by atoms with van der Waals surface area (Å²) in [4.78, 5) is 2.41. The first-order chi connectivity index (χ1) is 6.38. The molecule has 1 rings (SSSR count). The molecule has 0 amide bonds. The molecule has 1 aliphatic rings. The molecule has 3 heteroatoms. The van der Waals surface area contributed by atoms with Crippen molar-refractivity contribution >= 4 is 0 Å². The predicted octanol–water partition coefficient (Wildman–Crippen LogP) is 0.443. The van der Waals surface area contributed by atoms with Crippen molar-refractivity contribution in [2.45, 2.75) is 32.2 Å². The van der Waals surface area contributed by atoms with Crippen molar-refractivity contribution in [3.05, 3.63) is 0 Å². The van der Waals surface area contributed by atoms with Gasteiger partial charge in [-0.3, -0.25) is 4.90 Å². The van der Waals surface area contributed by atoms with Crippen LogP contribution in [0, 0.1) is 0 Å². The molecule has 0 aromatic rings. The van der Waals surface area contributed by atoms with E-state index in [1.54, 1.807) is 0 Å². The molecule has 0 aromatic heterocycles. The monoisotopic (exact) mass is 186 g/mol. The van der Waals surface area contributed by atoms with E-state index in [2.05, 4.69) is 17.1 Å². The lowest BCUT2D eigenvalue weighted by Gasteiger charge is -2.35. The molecule has 1 atom stereocenters. The lowest BCUT2D eigenvalue weighted by Crippen LogP contribution is -2.46. The molecule has 1 aliphatic heterocycles. The molecule has 1 fully saturated rings. The van der Waals surface area contributed by atoms with E-state index >= 15 is 0 Å². The van der Waals surface area contributed by atoms with E-state index in [0.717, 1.165) is 26.2 Å². The molecule has 1 unspecified atom stereocenters. The molecule has 0 aliphatic carbocycles. The highest BCUT2D eigenvalue weighted by atomic mass is 16.3. The molecule has 2 N–H and O–H groups in total. The van der Waals surface area contributed by atoms with Gasteiger partial charge in [-0.1, -0.05) is 13.3 Å². The third kappa shape index (κ3) is 3.63. The summed E-state index contributed by atoms with van der Waals surface area (Å²) in [6.45, 7) is 6.56. The number of likely N-dealkylation sites (tertiary alicyclic amines) is 1. The molecule has 0 aromatic carbocycles. The first-order valence-electron chi connectivity index (χ1n) is 5.44. The number of likely N-dealkylation sites (N-methyl/N-ethyl adjacent to an activating group) is 1. The Kier molecular flexibility index (Phi) is 5.35. The Morgan fingerprint density at radius 1 is 1.46 bits per heavy atom. The molecule has 0 spiro atoms. The highest BCUT2D eigenvalue weighted by Crippen LogP contribution is 2.15. The van der Waals surface area contributed by atoms with Gasteiger partial charge in [0.2, 0.25) is 0 Å². The second-order valence-electron chi connectivity index (χ2n) is 3.72. The van der Waals surface area contributed by atoms with Crippen molar-refractivity contribution in [2.24, 2.45) is 0 Å². The van der Waals surface area contributed by atoms with Gasteiger partial charge in [0.15, 0.2) is 0 Å². The van der Waals surface area contributed by atoms with Crippen molar-refractivity contribution in [2.75, 3.05) is 32.8 Å². The number of aliphatic hydroxyl groups excluding tert-OH is 1. The summed E-state index contributed by atoms with van der Waals surface area (Å²) in [5.74, 6) is 0. The van der Waals surface area contributed by atoms with Crippen LogP contribution >= 0.6 is 0 Å². The second kappa shape index (κ2) is 6.35. The largest absolute Gasteiger partial charge is 0.395 e. The van der Waals surface area contributed by atoms with Gasteiger partial charge in [-0.25, -0.2) is 0 Å². The Morgan fingerprint density at radius 3 is 3.00 bits per heavy atom. The molecule has 13 heavy (non-hydrogen) atoms. The van der Waals surface area contributed by atoms with Gasteiger partial charge in [-0.2, -0.15) is 0 Å². The summed E-state index contributed by atoms with van der Waals surface area (Å²) in [5.41, 5.74) is 0. The van der Waals surface area contributed by atoms with Crippen LogP contribution < -0.4 is 5.32 Å². The molecule has 0 radical (unpaired) electrons. The van der Waals surface area contributed by atoms with Gasteiger partial charge in [0.1, 0.15) is 0 Å². The Hall–Kier alpha value is -0.120. The average Bonchev–Trinajstić information content (AvgIpc) is 2.17. The Bertz CT molecular complexity index is 128. The number of rotatable bonds is 5. The fourth-order valence-electron chi connectivity index (χ4n) is 2.02. The SMILES string of the molecule is CCNCC1CCCCN1CCO. The van der Waals surface area contributed by atoms with E-state index in [1.165, 1.54) is 19.3 Å². The maximum atomic E-state index is 8.90. The molecule has 78 valence electrons. The zero-order chi connectivity index (χ0) is 9.52. The number of β-amino-alcohol motifs (C(OH)–C–C–N with tert-alkyl or cyclic N) is 1. The highest BCUT2D eigenvalue weighted by Gasteiger charge is 2.20. The summed E-state index contributed by atoms with van der Waals surface area (Å²) in [7, 11) is 0. The molecular weight excluding hydrogens is 164 g/mol. The summed E-state index contributed by atoms with van der Waals surface area (Å²) >= 11 is 0. The number of nitrogens with zero attached hydrogens (tertiary/aromatic N) is 1. The molecule has 0 bridgehead atoms. The zero-order valence-electron chi connectivity index (χ0n) is 8.63. The second-order valence-corrected chi connectivity index (χ2v) is 3.72. The van der Waals surface area contributed by atoms with Gasteiger partial charge in [0.05, 0.1) is 6.61 Å². The fraction of sp³-hybridized carbons (Fsp3) is 1.00. The quantitative estimate of drug-likeness (QED) is 0.654. The van der Waals surface area contributed by atoms with Gasteiger partial charge < -0.3 is 10.4 Å². The summed E-state index contributed by atoms with van der Waals surface area (Å²) in [5, 5.41) is 12.3. The van der Waals surface area contributed by atoms with Crippen LogP contribution in [-0.2, 0) is 0 Å². The third-order valence-electron chi connectivity index (χ3n) is 2.77. The van der Waals surface area contributed by atoms with Crippen LogP contribution in [0.25, 0.3) is 0 Å². The maximum Gasteiger partial charge on any atom is 0.0558 e. The minimum absolute atomic E-state index is 0.294. The van der Waals surface area contributed by atoms with Crippen LogP contribution in [0.5, 0.6) is 0 Å². The van der Waals surface area contributed by atoms with Crippen LogP contribution in [0.4, 0.5) is 0 Å². The van der Waals surface area contributed by atoms with Gasteiger partial charge in [0.25, 0.3) is 0 Å². The third-order valence-corrected chi connectivity index (χ3v) is 2.77. The van der Waals surface area contributed by atoms with E-state index in [9.17, 15) is 0 Å². The van der Waals surface area contributed by atoms with E-state index < -0.39 is 0 Å². The summed E-state index contributed by atoms with van der Waals surface area (Å²) in [6, 6.07) is 0.654. The van der Waals surface area contributed by atoms with Crippen LogP contribution in [0.15, 0.2) is 0 Å². The van der Waals surface area contributed by atoms with Crippen molar-refractivity contribution in [1.82, 2.24) is 10.2 Å². The van der Waals surface area contributed by atoms with Gasteiger partial charge in [-0.15, -0.1) is 0 Å². The minimum atomic E-state index is 0.294. The fourth-order valence-corrected chi connectivity index (χ4v) is 2.02. The van der Waals surface area contributed by atoms with E-state index in [4.69, 9.17) is 5.11 Å². The lowest BCUT2D eigenvalue weighted by molar-refractivity contribution is 0.116. The van der Waals surface area contributed by atoms with Gasteiger partial charge >= 0.3 is 0 Å². The number of aliphatic hydroxyl groups is 1. The van der Waals surface area contributed by atoms with E-state index in [0.29, 0.717) is 12.6 Å². The first kappa shape index (κ1) is 11.0. The molecule has 3 nitrogen and oxygen atoms in total. The first-order valence-corrected chi connectivity index (χ1v) is 5.44. The molecule has 0 saturated carbocycles. The molecular formula is C10H22N2O. The van der Waals surface area contributed by atoms with Crippen LogP contribution in [-0.4, -0.2) is 48.8 Å². The number of nitrogens with one attached hydrogen (secondary N) is 1. The minimum Gasteiger partial charge on any atom is -0.395 e. The number of hydrogen-bond donors (Lipinski definition) is 2. The predicted molar refractivity (Wildman–Crippen MR) is 54.8 cm³/mol. The molecule has 1 heterocycles. The van der Waals surface area contributed by atoms with Crippen LogP contribution in [0.3, 0.4) is 0 Å². The Balaban J connectivity index is 2.28. The standard InChI is InChI=1S/C10H22N2O/c1-2-11-9-10-5-3-4-6-12(10)7-8-13/h10-11,13H,2-9H2,1H3. The smallest absolute Gasteiger partial charge is 0.0558 e. The van der Waals surface area contributed by atoms with Crippen molar-refractivity contribution < 1.29 is 5.11 Å².